The second kappa shape index (κ2) is 49.5. The summed E-state index contributed by atoms with van der Waals surface area (Å²) in [6, 6.07) is -7.34. The van der Waals surface area contributed by atoms with Crippen molar-refractivity contribution < 1.29 is 154 Å². The van der Waals surface area contributed by atoms with Gasteiger partial charge in [0, 0.05) is 81.2 Å². The number of rotatable bonds is 54. The number of amides is 10. The van der Waals surface area contributed by atoms with Crippen LogP contribution in [0.5, 0.6) is 0 Å². The molecule has 2 heterocycles. The van der Waals surface area contributed by atoms with Gasteiger partial charge in [-0.15, -0.1) is 0 Å². The van der Waals surface area contributed by atoms with Crippen LogP contribution in [-0.2, 0) is 64.1 Å². The molecule has 0 radical (unpaired) electrons. The largest absolute Gasteiger partial charge is 0.481 e. The van der Waals surface area contributed by atoms with Crippen molar-refractivity contribution in [3.8, 4) is 0 Å². The van der Waals surface area contributed by atoms with Gasteiger partial charge in [0.1, 0.15) is 91.2 Å². The van der Waals surface area contributed by atoms with Crippen molar-refractivity contribution >= 4 is 112 Å². The van der Waals surface area contributed by atoms with Crippen LogP contribution < -0.4 is 69.8 Å². The Kier molecular flexibility index (Phi) is 42.6. The summed E-state index contributed by atoms with van der Waals surface area (Å²) in [5, 5.41) is 204. The summed E-state index contributed by atoms with van der Waals surface area (Å²) in [4.78, 5) is 202. The molecule has 0 aliphatic carbocycles. The van der Waals surface area contributed by atoms with Gasteiger partial charge in [-0.25, -0.2) is 14.8 Å². The number of benzene rings is 1. The van der Waals surface area contributed by atoms with E-state index in [0.29, 0.717) is 11.4 Å². The normalized spacial score (nSPS) is 16.4. The zero-order valence-electron chi connectivity index (χ0n) is 61.1. The average Bonchev–Trinajstić information content (AvgIpc) is 0.809. The number of nitrogens with two attached hydrogens (primary N) is 1. The zero-order valence-corrected chi connectivity index (χ0v) is 62.0. The van der Waals surface area contributed by atoms with E-state index >= 15 is 0 Å². The fraction of sp³-hybridized carbons (Fsp3) is 0.615. The Morgan fingerprint density at radius 3 is 1.15 bits per heavy atom. The van der Waals surface area contributed by atoms with E-state index in [0.717, 1.165) is 0 Å². The standard InChI is InChI=1S/C65H100N16O32S/c1-27(26-114)72-58(106)32(7-13-44(92)69-21-38(86)51(100)54(103)41(89)24-83)75-61(109)35(11-17-48(97)98)78-60(108)33(8-14-45(93)70-22-39(87)52(101)55(104)42(90)25-84)76-62(110)34(10-16-47(95)96)77-59(107)31(6-12-43(91)68-20-37(85)50(99)53(102)40(88)23-82)74-46(94)15-9-36(64(112)113)79-57(105)28-2-4-29(5-3-28)67-18-30-19-71-56-49(73-30)63(111)81-65(66)80-56/h2-5,19,27,31-42,50-55,67,82-90,99-104,114H,6-18,20-26H2,1H3,(H,68,91)(H,69,92)(H,70,93)(H,72,106)(H,74,94)(H,75,109)(H,76,110)(H,77,107)(H,78,108)(H,79,105)(H,95,96)(H,97,98)(H,112,113)(H3,66,71,80,81,111). The molecule has 32 N–H and O–H groups in total. The van der Waals surface area contributed by atoms with Crippen LogP contribution in [0.25, 0.3) is 11.2 Å². The number of nitrogen functional groups attached to an aromatic ring is 1. The third kappa shape index (κ3) is 33.9. The van der Waals surface area contributed by atoms with Gasteiger partial charge in [0.15, 0.2) is 11.2 Å². The van der Waals surface area contributed by atoms with Crippen LogP contribution in [0.15, 0.2) is 35.3 Å². The number of carbonyl (C=O) groups is 13. The number of aliphatic hydroxyl groups is 15. The SMILES string of the molecule is CC(CS)NC(=O)C(CCC(=O)NCC(O)C(O)C(O)C(O)CO)NC(=O)C(CCC(=O)O)NC(=O)C(CCC(=O)NCC(O)C(O)C(O)C(O)CO)NC(=O)C(CCC(=O)O)NC(=O)C(CCC(=O)NCC(O)C(O)C(O)C(O)CO)NC(=O)CCC(NC(=O)c1ccc(NCc2cnc3nc(N)[nH]c(=O)c3n2)cc1)C(=O)O. The molecule has 19 unspecified atom stereocenters. The second-order valence-electron chi connectivity index (χ2n) is 26.1. The van der Waals surface area contributed by atoms with Crippen molar-refractivity contribution in [3.63, 3.8) is 0 Å². The predicted molar refractivity (Wildman–Crippen MR) is 389 cm³/mol. The van der Waals surface area contributed by atoms with Crippen LogP contribution in [0.1, 0.15) is 100 Å². The van der Waals surface area contributed by atoms with Crippen molar-refractivity contribution in [2.75, 3.05) is 56.3 Å². The molecule has 48 nitrogen and oxygen atoms in total. The number of aromatic amines is 1. The first-order chi connectivity index (χ1) is 53.6. The van der Waals surface area contributed by atoms with Gasteiger partial charge < -0.3 is 156 Å². The Bertz CT molecular complexity index is 3760. The first-order valence-electron chi connectivity index (χ1n) is 35.2. The Morgan fingerprint density at radius 1 is 0.447 bits per heavy atom. The molecular formula is C65H100N16O32S. The van der Waals surface area contributed by atoms with Gasteiger partial charge in [0.05, 0.1) is 56.6 Å². The molecule has 3 aromatic rings. The predicted octanol–water partition coefficient (Wildman–Crippen LogP) is -13.5. The number of hydrogen-bond acceptors (Lipinski definition) is 35. The number of anilines is 2. The summed E-state index contributed by atoms with van der Waals surface area (Å²) < 4.78 is 0. The summed E-state index contributed by atoms with van der Waals surface area (Å²) in [5.74, 6) is -17.3. The molecule has 19 atom stereocenters. The lowest BCUT2D eigenvalue weighted by Gasteiger charge is -2.28. The minimum atomic E-state index is -2.21. The Balaban J connectivity index is 2.03. The number of carbonyl (C=O) groups excluding carboxylic acids is 10. The molecule has 638 valence electrons. The molecule has 1 aromatic carbocycles. The van der Waals surface area contributed by atoms with Gasteiger partial charge in [-0.1, -0.05) is 0 Å². The van der Waals surface area contributed by atoms with Crippen molar-refractivity contribution in [2.45, 2.75) is 206 Å². The van der Waals surface area contributed by atoms with Crippen molar-refractivity contribution in [3.05, 3.63) is 52.1 Å². The highest BCUT2D eigenvalue weighted by Gasteiger charge is 2.38. The molecule has 114 heavy (non-hydrogen) atoms. The Morgan fingerprint density at radius 2 is 0.789 bits per heavy atom. The second-order valence-corrected chi connectivity index (χ2v) is 26.4. The Labute approximate surface area is 651 Å². The van der Waals surface area contributed by atoms with E-state index in [9.17, 15) is 154 Å². The molecule has 0 spiro atoms. The number of hydrogen-bond donors (Lipinski definition) is 32. The highest BCUT2D eigenvalue weighted by atomic mass is 32.1. The first kappa shape index (κ1) is 98.1. The van der Waals surface area contributed by atoms with E-state index in [4.69, 9.17) is 10.8 Å². The molecule has 0 saturated carbocycles. The van der Waals surface area contributed by atoms with E-state index in [1.807, 2.05) is 0 Å². The van der Waals surface area contributed by atoms with Crippen LogP contribution >= 0.6 is 12.6 Å². The molecule has 0 aliphatic rings. The lowest BCUT2D eigenvalue weighted by molar-refractivity contribution is -0.140. The summed E-state index contributed by atoms with van der Waals surface area (Å²) in [5.41, 5.74) is 5.41. The summed E-state index contributed by atoms with van der Waals surface area (Å²) in [6.45, 7) is -4.29. The van der Waals surface area contributed by atoms with E-state index in [-0.39, 0.29) is 35.0 Å². The number of aliphatic hydroxyl groups excluding tert-OH is 15. The van der Waals surface area contributed by atoms with Crippen LogP contribution in [0.4, 0.5) is 11.6 Å². The van der Waals surface area contributed by atoms with Crippen molar-refractivity contribution in [2.24, 2.45) is 0 Å². The molecule has 0 aliphatic heterocycles. The zero-order chi connectivity index (χ0) is 85.8. The summed E-state index contributed by atoms with van der Waals surface area (Å²) in [7, 11) is 0. The lowest BCUT2D eigenvalue weighted by atomic mass is 10.0. The third-order valence-corrected chi connectivity index (χ3v) is 17.5. The van der Waals surface area contributed by atoms with E-state index < -0.39 is 315 Å². The van der Waals surface area contributed by atoms with Gasteiger partial charge in [0.2, 0.25) is 59.1 Å². The molecule has 3 rings (SSSR count). The van der Waals surface area contributed by atoms with E-state index in [1.54, 1.807) is 0 Å². The molecule has 10 amide bonds. The molecule has 0 bridgehead atoms. The highest BCUT2D eigenvalue weighted by molar-refractivity contribution is 7.80. The smallest absolute Gasteiger partial charge is 0.326 e. The topological polar surface area (TPSA) is 816 Å². The fourth-order valence-electron chi connectivity index (χ4n) is 10.2. The number of fused-ring (bicyclic) bond motifs is 1. The maximum absolute atomic E-state index is 14.6. The highest BCUT2D eigenvalue weighted by Crippen LogP contribution is 2.16. The molecule has 0 fully saturated rings. The number of nitrogens with one attached hydrogen (secondary N) is 12. The number of thiol groups is 1. The van der Waals surface area contributed by atoms with Gasteiger partial charge >= 0.3 is 17.9 Å². The summed E-state index contributed by atoms with van der Waals surface area (Å²) in [6.07, 6.45) is -33.6. The van der Waals surface area contributed by atoms with Gasteiger partial charge in [-0.3, -0.25) is 67.3 Å². The Hall–Kier alpha value is -10.1. The number of aromatic nitrogens is 4. The molecule has 2 aromatic heterocycles. The number of nitrogens with zero attached hydrogens (tertiary/aromatic N) is 3. The molecular weight excluding hydrogens is 1550 g/mol. The van der Waals surface area contributed by atoms with Crippen molar-refractivity contribution in [1.29, 1.82) is 0 Å². The summed E-state index contributed by atoms with van der Waals surface area (Å²) >= 11 is 4.11. The fourth-order valence-corrected chi connectivity index (χ4v) is 10.3. The number of carboxylic acids is 3. The van der Waals surface area contributed by atoms with E-state index in [2.05, 4.69) is 91.0 Å². The number of H-pyrrole nitrogens is 1. The molecule has 49 heteroatoms. The maximum Gasteiger partial charge on any atom is 0.326 e. The average molecular weight is 1650 g/mol. The minimum absolute atomic E-state index is 0.00481. The van der Waals surface area contributed by atoms with Crippen LogP contribution in [-0.4, -0.2) is 350 Å². The molecule has 0 saturated heterocycles. The maximum atomic E-state index is 14.6. The number of carboxylic acid groups (broad SMARTS) is 3. The first-order valence-corrected chi connectivity index (χ1v) is 35.8. The van der Waals surface area contributed by atoms with Gasteiger partial charge in [-0.2, -0.15) is 17.6 Å². The van der Waals surface area contributed by atoms with Crippen LogP contribution in [0.3, 0.4) is 0 Å². The van der Waals surface area contributed by atoms with Crippen LogP contribution in [0.2, 0.25) is 0 Å². The monoisotopic (exact) mass is 1650 g/mol. The van der Waals surface area contributed by atoms with E-state index in [1.165, 1.54) is 37.4 Å². The van der Waals surface area contributed by atoms with Crippen LogP contribution in [0, 0.1) is 0 Å². The lowest BCUT2D eigenvalue weighted by Crippen LogP contribution is -2.59. The number of aliphatic carboxylic acids is 3. The minimum Gasteiger partial charge on any atom is -0.481 e. The quantitative estimate of drug-likeness (QED) is 0.0233. The van der Waals surface area contributed by atoms with Gasteiger partial charge in [0.25, 0.3) is 11.5 Å². The third-order valence-electron chi connectivity index (χ3n) is 17.0. The van der Waals surface area contributed by atoms with Crippen molar-refractivity contribution in [1.82, 2.24) is 73.1 Å². The van der Waals surface area contributed by atoms with Gasteiger partial charge in [-0.05, 0) is 69.7 Å².